The van der Waals surface area contributed by atoms with E-state index in [1.807, 2.05) is 0 Å². The van der Waals surface area contributed by atoms with Gasteiger partial charge in [-0.3, -0.25) is 19.3 Å². The van der Waals surface area contributed by atoms with Crippen LogP contribution in [0.5, 0.6) is 0 Å². The molecule has 2 rings (SSSR count). The molecule has 1 N–H and O–H groups in total. The molecule has 0 aliphatic carbocycles. The van der Waals surface area contributed by atoms with Crippen molar-refractivity contribution < 1.29 is 23.9 Å². The number of hydrogen-bond donors (Lipinski definition) is 1. The molecule has 0 unspecified atom stereocenters. The summed E-state index contributed by atoms with van der Waals surface area (Å²) in [6, 6.07) is 3.93. The van der Waals surface area contributed by atoms with E-state index in [2.05, 4.69) is 5.32 Å². The van der Waals surface area contributed by atoms with Crippen molar-refractivity contribution in [2.45, 2.75) is 13.0 Å². The number of benzene rings is 1. The van der Waals surface area contributed by atoms with Crippen LogP contribution in [0.15, 0.2) is 18.2 Å². The van der Waals surface area contributed by atoms with E-state index in [9.17, 15) is 19.2 Å². The summed E-state index contributed by atoms with van der Waals surface area (Å²) in [4.78, 5) is 49.2. The number of urea groups is 1. The van der Waals surface area contributed by atoms with Crippen molar-refractivity contribution in [3.63, 3.8) is 0 Å². The van der Waals surface area contributed by atoms with Gasteiger partial charge in [0.1, 0.15) is 13.1 Å². The highest BCUT2D eigenvalue weighted by Crippen LogP contribution is 2.25. The molecule has 1 aromatic rings. The van der Waals surface area contributed by atoms with E-state index in [1.54, 1.807) is 6.07 Å². The van der Waals surface area contributed by atoms with Crippen molar-refractivity contribution in [2.75, 3.05) is 25.5 Å². The standard InChI is InChI=1S/C15H15Cl2N3O5/c1-8(14(23)18-11-5-9(16)3-4-10(11)17)25-13(22)7-20-12(21)6-19(2)15(20)24/h3-5,8H,6-7H2,1-2H3,(H,18,23)/t8-/m1/s1. The molecule has 1 aliphatic rings. The third kappa shape index (κ3) is 4.61. The molecule has 0 saturated carbocycles. The van der Waals surface area contributed by atoms with Crippen molar-refractivity contribution in [3.8, 4) is 0 Å². The smallest absolute Gasteiger partial charge is 0.327 e. The second-order valence-electron chi connectivity index (χ2n) is 5.36. The zero-order chi connectivity index (χ0) is 18.7. The summed E-state index contributed by atoms with van der Waals surface area (Å²) in [6.07, 6.45) is -1.16. The lowest BCUT2D eigenvalue weighted by Gasteiger charge is -2.17. The van der Waals surface area contributed by atoms with Crippen LogP contribution < -0.4 is 5.32 Å². The average Bonchev–Trinajstić information content (AvgIpc) is 2.77. The minimum absolute atomic E-state index is 0.102. The summed E-state index contributed by atoms with van der Waals surface area (Å²) in [5.74, 6) is -2.02. The summed E-state index contributed by atoms with van der Waals surface area (Å²) >= 11 is 11.8. The molecule has 134 valence electrons. The number of ether oxygens (including phenoxy) is 1. The Bertz CT molecular complexity index is 740. The van der Waals surface area contributed by atoms with Gasteiger partial charge >= 0.3 is 12.0 Å². The molecule has 1 fully saturated rings. The molecule has 1 atom stereocenters. The molecule has 0 aromatic heterocycles. The van der Waals surface area contributed by atoms with Gasteiger partial charge in [0.2, 0.25) is 0 Å². The van der Waals surface area contributed by atoms with Gasteiger partial charge in [-0.25, -0.2) is 4.79 Å². The minimum atomic E-state index is -1.16. The quantitative estimate of drug-likeness (QED) is 0.613. The van der Waals surface area contributed by atoms with Crippen LogP contribution in [0.3, 0.4) is 0 Å². The van der Waals surface area contributed by atoms with E-state index in [0.29, 0.717) is 5.02 Å². The second-order valence-corrected chi connectivity index (χ2v) is 6.21. The molecule has 1 aromatic carbocycles. The van der Waals surface area contributed by atoms with E-state index in [1.165, 1.54) is 31.0 Å². The van der Waals surface area contributed by atoms with Gasteiger partial charge in [-0.2, -0.15) is 0 Å². The Hall–Kier alpha value is -2.32. The number of carbonyl (C=O) groups is 4. The highest BCUT2D eigenvalue weighted by atomic mass is 35.5. The molecule has 1 aliphatic heterocycles. The summed E-state index contributed by atoms with van der Waals surface area (Å²) in [5.41, 5.74) is 0.272. The van der Waals surface area contributed by atoms with Crippen LogP contribution in [-0.2, 0) is 19.1 Å². The normalized spacial score (nSPS) is 15.4. The monoisotopic (exact) mass is 387 g/mol. The SMILES string of the molecule is C[C@@H](OC(=O)CN1C(=O)CN(C)C1=O)C(=O)Nc1cc(Cl)ccc1Cl. The molecule has 0 radical (unpaired) electrons. The van der Waals surface area contributed by atoms with Crippen LogP contribution in [0.2, 0.25) is 10.0 Å². The molecule has 0 bridgehead atoms. The minimum Gasteiger partial charge on any atom is -0.451 e. The van der Waals surface area contributed by atoms with Crippen LogP contribution in [0.1, 0.15) is 6.92 Å². The Morgan fingerprint density at radius 2 is 2.00 bits per heavy atom. The number of rotatable bonds is 5. The second kappa shape index (κ2) is 7.71. The zero-order valence-electron chi connectivity index (χ0n) is 13.4. The number of esters is 1. The van der Waals surface area contributed by atoms with Crippen LogP contribution in [-0.4, -0.2) is 59.9 Å². The third-order valence-electron chi connectivity index (χ3n) is 3.38. The third-order valence-corrected chi connectivity index (χ3v) is 3.95. The van der Waals surface area contributed by atoms with E-state index >= 15 is 0 Å². The fourth-order valence-electron chi connectivity index (χ4n) is 2.07. The van der Waals surface area contributed by atoms with Gasteiger partial charge in [-0.15, -0.1) is 0 Å². The Kier molecular flexibility index (Phi) is 5.86. The number of nitrogens with zero attached hydrogens (tertiary/aromatic N) is 2. The van der Waals surface area contributed by atoms with E-state index in [-0.39, 0.29) is 17.3 Å². The van der Waals surface area contributed by atoms with Crippen molar-refractivity contribution in [1.82, 2.24) is 9.80 Å². The molecule has 4 amide bonds. The number of imide groups is 1. The molecule has 25 heavy (non-hydrogen) atoms. The summed E-state index contributed by atoms with van der Waals surface area (Å²) in [6.45, 7) is 0.693. The summed E-state index contributed by atoms with van der Waals surface area (Å²) < 4.78 is 4.96. The average molecular weight is 388 g/mol. The Labute approximate surface area is 153 Å². The lowest BCUT2D eigenvalue weighted by Crippen LogP contribution is -2.39. The highest BCUT2D eigenvalue weighted by molar-refractivity contribution is 6.35. The number of anilines is 1. The molecular formula is C15H15Cl2N3O5. The van der Waals surface area contributed by atoms with Crippen LogP contribution in [0.25, 0.3) is 0 Å². The highest BCUT2D eigenvalue weighted by Gasteiger charge is 2.35. The largest absolute Gasteiger partial charge is 0.451 e. The van der Waals surface area contributed by atoms with Crippen molar-refractivity contribution in [1.29, 1.82) is 0 Å². The lowest BCUT2D eigenvalue weighted by atomic mass is 10.3. The van der Waals surface area contributed by atoms with Crippen LogP contribution in [0, 0.1) is 0 Å². The van der Waals surface area contributed by atoms with Gasteiger partial charge in [0.05, 0.1) is 10.7 Å². The molecule has 0 spiro atoms. The molecule has 1 heterocycles. The maximum atomic E-state index is 12.1. The number of halogens is 2. The van der Waals surface area contributed by atoms with Crippen LogP contribution >= 0.6 is 23.2 Å². The van der Waals surface area contributed by atoms with Gasteiger partial charge in [0.25, 0.3) is 11.8 Å². The van der Waals surface area contributed by atoms with Crippen molar-refractivity contribution >= 4 is 52.7 Å². The summed E-state index contributed by atoms with van der Waals surface area (Å²) in [5, 5.41) is 3.13. The van der Waals surface area contributed by atoms with E-state index < -0.39 is 36.5 Å². The van der Waals surface area contributed by atoms with E-state index in [4.69, 9.17) is 27.9 Å². The number of amides is 4. The van der Waals surface area contributed by atoms with Crippen molar-refractivity contribution in [3.05, 3.63) is 28.2 Å². The maximum Gasteiger partial charge on any atom is 0.327 e. The Morgan fingerprint density at radius 3 is 2.60 bits per heavy atom. The Morgan fingerprint density at radius 1 is 1.32 bits per heavy atom. The molecule has 10 heteroatoms. The van der Waals surface area contributed by atoms with Gasteiger partial charge in [0.15, 0.2) is 6.10 Å². The molecule has 8 nitrogen and oxygen atoms in total. The van der Waals surface area contributed by atoms with Gasteiger partial charge in [-0.05, 0) is 25.1 Å². The first-order valence-electron chi connectivity index (χ1n) is 7.20. The maximum absolute atomic E-state index is 12.1. The molecular weight excluding hydrogens is 373 g/mol. The first-order valence-corrected chi connectivity index (χ1v) is 7.95. The number of carbonyl (C=O) groups excluding carboxylic acids is 4. The van der Waals surface area contributed by atoms with E-state index in [0.717, 1.165) is 4.90 Å². The fourth-order valence-corrected chi connectivity index (χ4v) is 2.41. The summed E-state index contributed by atoms with van der Waals surface area (Å²) in [7, 11) is 1.44. The predicted molar refractivity (Wildman–Crippen MR) is 90.4 cm³/mol. The van der Waals surface area contributed by atoms with Crippen LogP contribution in [0.4, 0.5) is 10.5 Å². The Balaban J connectivity index is 1.92. The zero-order valence-corrected chi connectivity index (χ0v) is 14.9. The molecule has 1 saturated heterocycles. The van der Waals surface area contributed by atoms with Gasteiger partial charge in [0, 0.05) is 12.1 Å². The van der Waals surface area contributed by atoms with Crippen molar-refractivity contribution in [2.24, 2.45) is 0 Å². The number of hydrogen-bond acceptors (Lipinski definition) is 5. The van der Waals surface area contributed by atoms with Gasteiger partial charge in [-0.1, -0.05) is 23.2 Å². The topological polar surface area (TPSA) is 96.0 Å². The first-order chi connectivity index (χ1) is 11.7. The fraction of sp³-hybridized carbons (Fsp3) is 0.333. The predicted octanol–water partition coefficient (Wildman–Crippen LogP) is 1.76. The lowest BCUT2D eigenvalue weighted by molar-refractivity contribution is -0.154. The number of likely N-dealkylation sites (N-methyl/N-ethyl adjacent to an activating group) is 1. The number of nitrogens with one attached hydrogen (secondary N) is 1. The van der Waals surface area contributed by atoms with Gasteiger partial charge < -0.3 is 15.0 Å². The first kappa shape index (κ1) is 19.0.